The number of hydrogen-bond acceptors (Lipinski definition) is 1. The summed E-state index contributed by atoms with van der Waals surface area (Å²) < 4.78 is 3.12. The molecule has 0 fully saturated rings. The lowest BCUT2D eigenvalue weighted by atomic mass is 10.2. The van der Waals surface area contributed by atoms with Gasteiger partial charge in [-0.2, -0.15) is 0 Å². The van der Waals surface area contributed by atoms with Gasteiger partial charge < -0.3 is 0 Å². The van der Waals surface area contributed by atoms with Crippen LogP contribution in [0.1, 0.15) is 11.4 Å². The van der Waals surface area contributed by atoms with Crippen molar-refractivity contribution in [2.45, 2.75) is 12.8 Å². The maximum absolute atomic E-state index is 6.11. The van der Waals surface area contributed by atoms with Crippen molar-refractivity contribution >= 4 is 50.2 Å². The highest BCUT2D eigenvalue weighted by Gasteiger charge is 2.13. The minimum absolute atomic E-state index is 0.349. The Kier molecular flexibility index (Phi) is 3.76. The van der Waals surface area contributed by atoms with E-state index in [9.17, 15) is 0 Å². The molecule has 102 valence electrons. The Bertz CT molecular complexity index is 796. The lowest BCUT2D eigenvalue weighted by molar-refractivity contribution is 0.972. The highest BCUT2D eigenvalue weighted by molar-refractivity contribution is 9.10. The molecular formula is C15H11BrCl2N2. The number of hydrogen-bond donors (Lipinski definition) is 0. The first kappa shape index (κ1) is 13.9. The van der Waals surface area contributed by atoms with Crippen molar-refractivity contribution in [3.63, 3.8) is 0 Å². The number of rotatable bonds is 2. The fourth-order valence-electron chi connectivity index (χ4n) is 2.33. The van der Waals surface area contributed by atoms with Crippen LogP contribution in [0.4, 0.5) is 0 Å². The molecule has 0 saturated heterocycles. The second kappa shape index (κ2) is 5.40. The minimum Gasteiger partial charge on any atom is -0.295 e. The number of aryl methyl sites for hydroxylation is 1. The van der Waals surface area contributed by atoms with E-state index in [0.29, 0.717) is 10.9 Å². The lowest BCUT2D eigenvalue weighted by Gasteiger charge is -2.11. The van der Waals surface area contributed by atoms with E-state index < -0.39 is 0 Å². The first-order valence-corrected chi connectivity index (χ1v) is 7.80. The van der Waals surface area contributed by atoms with E-state index in [2.05, 4.69) is 44.5 Å². The van der Waals surface area contributed by atoms with Gasteiger partial charge in [0.15, 0.2) is 0 Å². The molecule has 3 rings (SSSR count). The molecule has 0 bridgehead atoms. The average molecular weight is 370 g/mol. The summed E-state index contributed by atoms with van der Waals surface area (Å²) in [7, 11) is 0. The smallest absolute Gasteiger partial charge is 0.129 e. The summed E-state index contributed by atoms with van der Waals surface area (Å²) in [6, 6.07) is 11.8. The Morgan fingerprint density at radius 2 is 2.00 bits per heavy atom. The van der Waals surface area contributed by atoms with Crippen molar-refractivity contribution in [2.75, 3.05) is 0 Å². The molecule has 3 aromatic rings. The molecule has 0 amide bonds. The predicted molar refractivity (Wildman–Crippen MR) is 88.1 cm³/mol. The number of halogens is 3. The van der Waals surface area contributed by atoms with Gasteiger partial charge in [-0.3, -0.25) is 4.57 Å². The van der Waals surface area contributed by atoms with Crippen LogP contribution in [0.3, 0.4) is 0 Å². The fraction of sp³-hybridized carbons (Fsp3) is 0.133. The normalized spacial score (nSPS) is 11.2. The van der Waals surface area contributed by atoms with Gasteiger partial charge >= 0.3 is 0 Å². The van der Waals surface area contributed by atoms with Crippen molar-refractivity contribution in [2.24, 2.45) is 0 Å². The van der Waals surface area contributed by atoms with Crippen LogP contribution in [-0.2, 0) is 5.88 Å². The molecule has 5 heteroatoms. The third kappa shape index (κ3) is 2.34. The molecule has 0 unspecified atom stereocenters. The van der Waals surface area contributed by atoms with E-state index in [1.807, 2.05) is 24.3 Å². The average Bonchev–Trinajstić information content (AvgIpc) is 2.76. The van der Waals surface area contributed by atoms with Crippen LogP contribution in [0, 0.1) is 6.92 Å². The second-order valence-electron chi connectivity index (χ2n) is 4.56. The quantitative estimate of drug-likeness (QED) is 0.546. The van der Waals surface area contributed by atoms with Crippen LogP contribution in [0.25, 0.3) is 16.7 Å². The summed E-state index contributed by atoms with van der Waals surface area (Å²) in [5, 5.41) is 0.689. The Hall–Kier alpha value is -1.03. The van der Waals surface area contributed by atoms with Crippen LogP contribution >= 0.6 is 39.1 Å². The van der Waals surface area contributed by atoms with Crippen LogP contribution in [0.5, 0.6) is 0 Å². The Balaban J connectivity index is 2.36. The maximum atomic E-state index is 6.11. The van der Waals surface area contributed by atoms with E-state index in [1.54, 1.807) is 0 Å². The van der Waals surface area contributed by atoms with E-state index in [0.717, 1.165) is 32.6 Å². The van der Waals surface area contributed by atoms with Crippen LogP contribution < -0.4 is 0 Å². The topological polar surface area (TPSA) is 17.8 Å². The van der Waals surface area contributed by atoms with Gasteiger partial charge in [-0.15, -0.1) is 11.6 Å². The third-order valence-electron chi connectivity index (χ3n) is 3.21. The molecule has 20 heavy (non-hydrogen) atoms. The molecule has 2 aromatic carbocycles. The Morgan fingerprint density at radius 3 is 2.70 bits per heavy atom. The minimum atomic E-state index is 0.349. The second-order valence-corrected chi connectivity index (χ2v) is 6.18. The number of fused-ring (bicyclic) bond motifs is 1. The number of benzene rings is 2. The van der Waals surface area contributed by atoms with Gasteiger partial charge in [-0.1, -0.05) is 27.5 Å². The van der Waals surface area contributed by atoms with Gasteiger partial charge in [-0.25, -0.2) is 4.98 Å². The van der Waals surface area contributed by atoms with Crippen molar-refractivity contribution in [3.8, 4) is 5.69 Å². The molecule has 1 aromatic heterocycles. The SMILES string of the molecule is Cc1cc(Br)ccc1-n1c(CCl)nc2ccc(Cl)cc21. The van der Waals surface area contributed by atoms with Gasteiger partial charge in [0.05, 0.1) is 22.6 Å². The predicted octanol–water partition coefficient (Wildman–Crippen LogP) is 5.49. The monoisotopic (exact) mass is 368 g/mol. The van der Waals surface area contributed by atoms with E-state index in [-0.39, 0.29) is 0 Å². The summed E-state index contributed by atoms with van der Waals surface area (Å²) in [6.07, 6.45) is 0. The summed E-state index contributed by atoms with van der Waals surface area (Å²) in [4.78, 5) is 4.57. The van der Waals surface area contributed by atoms with Gasteiger partial charge in [0.25, 0.3) is 0 Å². The lowest BCUT2D eigenvalue weighted by Crippen LogP contribution is -2.01. The van der Waals surface area contributed by atoms with Crippen LogP contribution in [0.2, 0.25) is 5.02 Å². The molecule has 0 aliphatic heterocycles. The fourth-order valence-corrected chi connectivity index (χ4v) is 3.15. The maximum Gasteiger partial charge on any atom is 0.129 e. The van der Waals surface area contributed by atoms with Gasteiger partial charge in [0.2, 0.25) is 0 Å². The van der Waals surface area contributed by atoms with Gasteiger partial charge in [0.1, 0.15) is 5.82 Å². The van der Waals surface area contributed by atoms with Crippen molar-refractivity contribution < 1.29 is 0 Å². The number of aromatic nitrogens is 2. The number of alkyl halides is 1. The zero-order valence-corrected chi connectivity index (χ0v) is 13.8. The molecule has 0 radical (unpaired) electrons. The molecule has 0 aliphatic carbocycles. The molecule has 0 atom stereocenters. The zero-order valence-electron chi connectivity index (χ0n) is 10.7. The van der Waals surface area contributed by atoms with Crippen molar-refractivity contribution in [1.29, 1.82) is 0 Å². The van der Waals surface area contributed by atoms with Crippen molar-refractivity contribution in [1.82, 2.24) is 9.55 Å². The summed E-state index contributed by atoms with van der Waals surface area (Å²) >= 11 is 15.6. The molecule has 2 nitrogen and oxygen atoms in total. The standard InChI is InChI=1S/C15H11BrCl2N2/c1-9-6-10(16)2-5-13(9)20-14-7-11(18)3-4-12(14)19-15(20)8-17/h2-7H,8H2,1H3. The third-order valence-corrected chi connectivity index (χ3v) is 4.17. The summed E-state index contributed by atoms with van der Waals surface area (Å²) in [5.41, 5.74) is 4.07. The van der Waals surface area contributed by atoms with Gasteiger partial charge in [-0.05, 0) is 48.9 Å². The van der Waals surface area contributed by atoms with Crippen LogP contribution in [-0.4, -0.2) is 9.55 Å². The number of imidazole rings is 1. The molecule has 0 N–H and O–H groups in total. The highest BCUT2D eigenvalue weighted by atomic mass is 79.9. The van der Waals surface area contributed by atoms with E-state index >= 15 is 0 Å². The Morgan fingerprint density at radius 1 is 1.20 bits per heavy atom. The largest absolute Gasteiger partial charge is 0.295 e. The molecule has 0 spiro atoms. The first-order valence-electron chi connectivity index (χ1n) is 6.09. The number of nitrogens with zero attached hydrogens (tertiary/aromatic N) is 2. The Labute approximate surface area is 135 Å². The summed E-state index contributed by atoms with van der Waals surface area (Å²) in [6.45, 7) is 2.06. The van der Waals surface area contributed by atoms with Crippen LogP contribution in [0.15, 0.2) is 40.9 Å². The molecule has 0 aliphatic rings. The van der Waals surface area contributed by atoms with Gasteiger partial charge in [0, 0.05) is 9.50 Å². The molecule has 0 saturated carbocycles. The highest BCUT2D eigenvalue weighted by Crippen LogP contribution is 2.28. The molecule has 1 heterocycles. The van der Waals surface area contributed by atoms with E-state index in [4.69, 9.17) is 23.2 Å². The first-order chi connectivity index (χ1) is 9.60. The zero-order chi connectivity index (χ0) is 14.3. The van der Waals surface area contributed by atoms with Crippen molar-refractivity contribution in [3.05, 3.63) is 57.3 Å². The summed E-state index contributed by atoms with van der Waals surface area (Å²) in [5.74, 6) is 1.16. The van der Waals surface area contributed by atoms with E-state index in [1.165, 1.54) is 0 Å². The molecular weight excluding hydrogens is 359 g/mol.